The van der Waals surface area contributed by atoms with Gasteiger partial charge >= 0.3 is 5.82 Å². The predicted octanol–water partition coefficient (Wildman–Crippen LogP) is 1.48. The molecule has 2 heterocycles. The lowest BCUT2D eigenvalue weighted by molar-refractivity contribution is -0.392. The lowest BCUT2D eigenvalue weighted by Crippen LogP contribution is -2.16. The molecule has 0 N–H and O–H groups in total. The van der Waals surface area contributed by atoms with Gasteiger partial charge in [0.05, 0.1) is 6.61 Å². The highest BCUT2D eigenvalue weighted by molar-refractivity contribution is 5.43. The van der Waals surface area contributed by atoms with Gasteiger partial charge in [-0.2, -0.15) is 0 Å². The lowest BCUT2D eigenvalue weighted by atomic mass is 10.4. The van der Waals surface area contributed by atoms with E-state index in [1.807, 2.05) is 19.0 Å². The van der Waals surface area contributed by atoms with E-state index >= 15 is 0 Å². The van der Waals surface area contributed by atoms with Gasteiger partial charge in [-0.1, -0.05) is 0 Å². The molecule has 1 saturated heterocycles. The molecular weight excluding hydrogens is 276 g/mol. The number of ether oxygens (including phenoxy) is 2. The second-order valence-corrected chi connectivity index (χ2v) is 4.98. The Morgan fingerprint density at radius 2 is 2.48 bits per heavy atom. The summed E-state index contributed by atoms with van der Waals surface area (Å²) in [7, 11) is 3.75. The summed E-state index contributed by atoms with van der Waals surface area (Å²) in [5.41, 5.74) is 0. The first-order valence-electron chi connectivity index (χ1n) is 6.85. The maximum Gasteiger partial charge on any atom is 0.343 e. The van der Waals surface area contributed by atoms with E-state index in [2.05, 4.69) is 4.98 Å². The molecular formula is C13H20N4O4. The van der Waals surface area contributed by atoms with Crippen LogP contribution in [0.25, 0.3) is 6.08 Å². The SMILES string of the molecule is CN(C)C=Cc1ncc([N+](=O)[O-])n1CCOC1CCCO1. The molecule has 116 valence electrons. The van der Waals surface area contributed by atoms with E-state index in [-0.39, 0.29) is 12.1 Å². The van der Waals surface area contributed by atoms with Crippen LogP contribution in [0.1, 0.15) is 18.7 Å². The highest BCUT2D eigenvalue weighted by Gasteiger charge is 2.20. The summed E-state index contributed by atoms with van der Waals surface area (Å²) in [4.78, 5) is 16.5. The molecule has 0 bridgehead atoms. The molecule has 1 unspecified atom stereocenters. The molecule has 1 aliphatic rings. The van der Waals surface area contributed by atoms with E-state index in [1.165, 1.54) is 10.8 Å². The smallest absolute Gasteiger partial charge is 0.343 e. The van der Waals surface area contributed by atoms with Gasteiger partial charge in [0.25, 0.3) is 0 Å². The second kappa shape index (κ2) is 7.19. The maximum atomic E-state index is 11.0. The average Bonchev–Trinajstić information content (AvgIpc) is 3.05. The normalized spacial score (nSPS) is 18.5. The first-order valence-corrected chi connectivity index (χ1v) is 6.85. The maximum absolute atomic E-state index is 11.0. The Balaban J connectivity index is 2.03. The van der Waals surface area contributed by atoms with Crippen molar-refractivity contribution in [1.29, 1.82) is 0 Å². The van der Waals surface area contributed by atoms with E-state index < -0.39 is 4.92 Å². The molecule has 21 heavy (non-hydrogen) atoms. The second-order valence-electron chi connectivity index (χ2n) is 4.98. The third-order valence-electron chi connectivity index (χ3n) is 3.08. The van der Waals surface area contributed by atoms with Gasteiger partial charge in [0.15, 0.2) is 6.29 Å². The number of nitro groups is 1. The Bertz CT molecular complexity index is 506. The van der Waals surface area contributed by atoms with Crippen molar-refractivity contribution >= 4 is 11.9 Å². The van der Waals surface area contributed by atoms with Gasteiger partial charge in [-0.15, -0.1) is 0 Å². The van der Waals surface area contributed by atoms with E-state index in [0.29, 0.717) is 25.6 Å². The molecule has 8 nitrogen and oxygen atoms in total. The highest BCUT2D eigenvalue weighted by Crippen LogP contribution is 2.17. The van der Waals surface area contributed by atoms with Crippen LogP contribution >= 0.6 is 0 Å². The molecule has 2 rings (SSSR count). The van der Waals surface area contributed by atoms with Crippen molar-refractivity contribution in [2.45, 2.75) is 25.7 Å². The fraction of sp³-hybridized carbons (Fsp3) is 0.615. The third kappa shape index (κ3) is 4.27. The highest BCUT2D eigenvalue weighted by atomic mass is 16.7. The summed E-state index contributed by atoms with van der Waals surface area (Å²) in [6.45, 7) is 1.43. The minimum Gasteiger partial charge on any atom is -0.383 e. The van der Waals surface area contributed by atoms with Crippen LogP contribution in [0.4, 0.5) is 5.82 Å². The summed E-state index contributed by atoms with van der Waals surface area (Å²) >= 11 is 0. The van der Waals surface area contributed by atoms with Crippen molar-refractivity contribution in [1.82, 2.24) is 14.5 Å². The number of aromatic nitrogens is 2. The largest absolute Gasteiger partial charge is 0.383 e. The fourth-order valence-electron chi connectivity index (χ4n) is 2.06. The van der Waals surface area contributed by atoms with Gasteiger partial charge in [0.2, 0.25) is 5.82 Å². The molecule has 1 atom stereocenters. The number of hydrogen-bond donors (Lipinski definition) is 0. The molecule has 0 saturated carbocycles. The summed E-state index contributed by atoms with van der Waals surface area (Å²) in [6.07, 6.45) is 6.48. The zero-order valence-electron chi connectivity index (χ0n) is 12.3. The van der Waals surface area contributed by atoms with Gasteiger partial charge in [0, 0.05) is 39.4 Å². The van der Waals surface area contributed by atoms with Crippen LogP contribution in [0.15, 0.2) is 12.4 Å². The number of nitrogens with zero attached hydrogens (tertiary/aromatic N) is 4. The van der Waals surface area contributed by atoms with Crippen molar-refractivity contribution in [2.24, 2.45) is 0 Å². The Hall–Kier alpha value is -1.93. The lowest BCUT2D eigenvalue weighted by Gasteiger charge is -2.10. The van der Waals surface area contributed by atoms with E-state index in [0.717, 1.165) is 12.8 Å². The molecule has 8 heteroatoms. The molecule has 1 aliphatic heterocycles. The van der Waals surface area contributed by atoms with Crippen molar-refractivity contribution in [3.8, 4) is 0 Å². The molecule has 1 aromatic heterocycles. The first kappa shape index (κ1) is 15.5. The van der Waals surface area contributed by atoms with Crippen LogP contribution in [0.5, 0.6) is 0 Å². The molecule has 0 spiro atoms. The van der Waals surface area contributed by atoms with Gasteiger partial charge in [0.1, 0.15) is 12.7 Å². The van der Waals surface area contributed by atoms with Crippen molar-refractivity contribution in [3.63, 3.8) is 0 Å². The van der Waals surface area contributed by atoms with Crippen LogP contribution < -0.4 is 0 Å². The van der Waals surface area contributed by atoms with Crippen LogP contribution in [-0.4, -0.2) is 53.0 Å². The molecule has 0 aromatic carbocycles. The predicted molar refractivity (Wildman–Crippen MR) is 76.5 cm³/mol. The van der Waals surface area contributed by atoms with Gasteiger partial charge < -0.3 is 24.5 Å². The Morgan fingerprint density at radius 1 is 1.67 bits per heavy atom. The van der Waals surface area contributed by atoms with Crippen LogP contribution in [0.2, 0.25) is 0 Å². The summed E-state index contributed by atoms with van der Waals surface area (Å²) in [5.74, 6) is 0.496. The minimum absolute atomic E-state index is 0.0376. The van der Waals surface area contributed by atoms with E-state index in [9.17, 15) is 10.1 Å². The monoisotopic (exact) mass is 296 g/mol. The van der Waals surface area contributed by atoms with Crippen molar-refractivity contribution in [2.75, 3.05) is 27.3 Å². The molecule has 0 amide bonds. The van der Waals surface area contributed by atoms with E-state index in [4.69, 9.17) is 9.47 Å². The zero-order chi connectivity index (χ0) is 15.2. The number of rotatable bonds is 7. The third-order valence-corrected chi connectivity index (χ3v) is 3.08. The molecule has 0 aliphatic carbocycles. The Labute approximate surface area is 123 Å². The molecule has 1 fully saturated rings. The first-order chi connectivity index (χ1) is 10.1. The topological polar surface area (TPSA) is 82.7 Å². The zero-order valence-corrected chi connectivity index (χ0v) is 12.3. The van der Waals surface area contributed by atoms with Gasteiger partial charge in [-0.25, -0.2) is 9.55 Å². The van der Waals surface area contributed by atoms with Gasteiger partial charge in [-0.05, 0) is 11.3 Å². The van der Waals surface area contributed by atoms with Crippen molar-refractivity contribution in [3.05, 3.63) is 28.3 Å². The standard InChI is InChI=1S/C13H20N4O4/c1-15(2)6-5-11-14-10-12(17(18)19)16(11)7-9-21-13-4-3-8-20-13/h5-6,10,13H,3-4,7-9H2,1-2H3. The van der Waals surface area contributed by atoms with E-state index in [1.54, 1.807) is 12.3 Å². The fourth-order valence-corrected chi connectivity index (χ4v) is 2.06. The van der Waals surface area contributed by atoms with Crippen molar-refractivity contribution < 1.29 is 14.4 Å². The van der Waals surface area contributed by atoms with Crippen LogP contribution in [0, 0.1) is 10.1 Å². The minimum atomic E-state index is -0.438. The van der Waals surface area contributed by atoms with Crippen LogP contribution in [0.3, 0.4) is 0 Å². The summed E-state index contributed by atoms with van der Waals surface area (Å²) in [5, 5.41) is 11.0. The number of hydrogen-bond acceptors (Lipinski definition) is 6. The Morgan fingerprint density at radius 3 is 3.10 bits per heavy atom. The number of imidazole rings is 1. The summed E-state index contributed by atoms with van der Waals surface area (Å²) < 4.78 is 12.5. The quantitative estimate of drug-likeness (QED) is 0.560. The average molecular weight is 296 g/mol. The Kier molecular flexibility index (Phi) is 5.29. The van der Waals surface area contributed by atoms with Gasteiger partial charge in [-0.3, -0.25) is 0 Å². The molecule has 0 radical (unpaired) electrons. The van der Waals surface area contributed by atoms with Crippen LogP contribution in [-0.2, 0) is 16.0 Å². The summed E-state index contributed by atoms with van der Waals surface area (Å²) in [6, 6.07) is 0. The molecule has 1 aromatic rings.